The Morgan fingerprint density at radius 3 is 2.68 bits per heavy atom. The molecule has 38 heavy (non-hydrogen) atoms. The Kier molecular flexibility index (Phi) is 7.13. The van der Waals surface area contributed by atoms with E-state index in [1.54, 1.807) is 22.8 Å². The lowest BCUT2D eigenvalue weighted by molar-refractivity contribution is 0.0807. The predicted octanol–water partition coefficient (Wildman–Crippen LogP) is 2.40. The molecule has 2 N–H and O–H groups in total. The molecule has 202 valence electrons. The number of likely N-dealkylation sites (tertiary alicyclic amines) is 1. The number of carboxylic acid groups (broad SMARTS) is 1. The number of carbonyl (C=O) groups excluding carboxylic acids is 1. The topological polar surface area (TPSA) is 149 Å². The van der Waals surface area contributed by atoms with Crippen LogP contribution in [0.5, 0.6) is 11.5 Å². The van der Waals surface area contributed by atoms with E-state index in [1.165, 1.54) is 4.90 Å². The normalized spacial score (nSPS) is 19.3. The molecule has 1 fully saturated rings. The molecule has 2 aromatic carbocycles. The monoisotopic (exact) mass is 544 g/mol. The van der Waals surface area contributed by atoms with Gasteiger partial charge in [-0.1, -0.05) is 12.1 Å². The first-order valence-corrected chi connectivity index (χ1v) is 14.0. The third-order valence-corrected chi connectivity index (χ3v) is 7.18. The minimum Gasteiger partial charge on any atom is -0.486 e. The summed E-state index contributed by atoms with van der Waals surface area (Å²) in [6.07, 6.45) is 0.593. The molecule has 3 aromatic rings. The Morgan fingerprint density at radius 2 is 1.92 bits per heavy atom. The molecule has 12 nitrogen and oxygen atoms in total. The highest BCUT2D eigenvalue weighted by molar-refractivity contribution is 7.85. The lowest BCUT2D eigenvalue weighted by Gasteiger charge is -2.37. The Balaban J connectivity index is 1.40. The van der Waals surface area contributed by atoms with Crippen molar-refractivity contribution in [3.8, 4) is 11.5 Å². The number of nitrogens with zero attached hydrogens (tertiary/aromatic N) is 3. The molecule has 0 aliphatic carbocycles. The van der Waals surface area contributed by atoms with Crippen LogP contribution in [-0.2, 0) is 20.8 Å². The largest absolute Gasteiger partial charge is 0.486 e. The molecule has 2 atom stereocenters. The maximum Gasteiger partial charge on any atom is 0.407 e. The number of carbonyl (C=O) groups is 2. The third-order valence-electron chi connectivity index (χ3n) is 6.58. The van der Waals surface area contributed by atoms with Crippen LogP contribution in [0.15, 0.2) is 42.5 Å². The van der Waals surface area contributed by atoms with Crippen LogP contribution in [-0.4, -0.2) is 78.6 Å². The van der Waals surface area contributed by atoms with E-state index in [-0.39, 0.29) is 31.6 Å². The van der Waals surface area contributed by atoms with E-state index in [9.17, 15) is 23.1 Å². The Labute approximate surface area is 219 Å². The number of nitrogens with one attached hydrogen (secondary N) is 1. The number of imidazole rings is 1. The van der Waals surface area contributed by atoms with Crippen LogP contribution in [0.3, 0.4) is 0 Å². The Morgan fingerprint density at radius 1 is 1.16 bits per heavy atom. The van der Waals surface area contributed by atoms with Crippen LogP contribution >= 0.6 is 0 Å². The summed E-state index contributed by atoms with van der Waals surface area (Å²) in [5.74, 6) is 1.25. The van der Waals surface area contributed by atoms with Crippen LogP contribution in [0.2, 0.25) is 0 Å². The first kappa shape index (κ1) is 25.8. The number of para-hydroxylation sites is 2. The summed E-state index contributed by atoms with van der Waals surface area (Å²) in [6.45, 7) is 1.07. The van der Waals surface area contributed by atoms with Crippen LogP contribution in [0, 0.1) is 0 Å². The van der Waals surface area contributed by atoms with Crippen molar-refractivity contribution in [1.29, 1.82) is 0 Å². The third kappa shape index (κ3) is 5.53. The van der Waals surface area contributed by atoms with Crippen LogP contribution in [0.25, 0.3) is 11.0 Å². The number of benzene rings is 2. The Hall–Kier alpha value is -3.84. The molecular formula is C25H28N4O8S. The van der Waals surface area contributed by atoms with Gasteiger partial charge in [-0.3, -0.25) is 13.9 Å². The molecule has 5 rings (SSSR count). The number of fused-ring (bicyclic) bond motifs is 2. The molecule has 2 amide bonds. The van der Waals surface area contributed by atoms with Gasteiger partial charge in [-0.05, 0) is 43.2 Å². The molecule has 2 aliphatic rings. The minimum absolute atomic E-state index is 0.129. The van der Waals surface area contributed by atoms with Crippen molar-refractivity contribution >= 4 is 33.2 Å². The van der Waals surface area contributed by atoms with Gasteiger partial charge in [-0.15, -0.1) is 0 Å². The number of amides is 2. The summed E-state index contributed by atoms with van der Waals surface area (Å²) in [5.41, 5.74) is 1.79. The summed E-state index contributed by atoms with van der Waals surface area (Å²) in [7, 11) is -3.65. The van der Waals surface area contributed by atoms with Gasteiger partial charge in [0.2, 0.25) is 0 Å². The molecule has 2 unspecified atom stereocenters. The van der Waals surface area contributed by atoms with E-state index in [1.807, 2.05) is 24.3 Å². The van der Waals surface area contributed by atoms with Crippen molar-refractivity contribution in [3.05, 3.63) is 53.9 Å². The summed E-state index contributed by atoms with van der Waals surface area (Å²) >= 11 is 0. The van der Waals surface area contributed by atoms with E-state index in [0.29, 0.717) is 54.5 Å². The van der Waals surface area contributed by atoms with Crippen molar-refractivity contribution in [1.82, 2.24) is 19.8 Å². The second-order valence-electron chi connectivity index (χ2n) is 9.18. The van der Waals surface area contributed by atoms with Gasteiger partial charge in [-0.2, -0.15) is 8.42 Å². The number of ether oxygens (including phenoxy) is 2. The molecule has 0 radical (unpaired) electrons. The summed E-state index contributed by atoms with van der Waals surface area (Å²) in [4.78, 5) is 31.3. The van der Waals surface area contributed by atoms with Gasteiger partial charge in [0.05, 0.1) is 29.9 Å². The van der Waals surface area contributed by atoms with Gasteiger partial charge < -0.3 is 24.5 Å². The predicted molar refractivity (Wildman–Crippen MR) is 136 cm³/mol. The van der Waals surface area contributed by atoms with Gasteiger partial charge in [0.25, 0.3) is 16.0 Å². The quantitative estimate of drug-likeness (QED) is 0.428. The maximum atomic E-state index is 13.1. The lowest BCUT2D eigenvalue weighted by atomic mass is 9.96. The van der Waals surface area contributed by atoms with Crippen molar-refractivity contribution in [2.45, 2.75) is 31.5 Å². The summed E-state index contributed by atoms with van der Waals surface area (Å²) in [6, 6.07) is 11.3. The number of rotatable bonds is 7. The van der Waals surface area contributed by atoms with Gasteiger partial charge in [0.15, 0.2) is 11.5 Å². The van der Waals surface area contributed by atoms with Crippen molar-refractivity contribution in [2.24, 2.45) is 0 Å². The average Bonchev–Trinajstić information content (AvgIpc) is 3.26. The van der Waals surface area contributed by atoms with Crippen LogP contribution in [0.1, 0.15) is 35.1 Å². The van der Waals surface area contributed by atoms with E-state index < -0.39 is 22.3 Å². The molecule has 0 spiro atoms. The van der Waals surface area contributed by atoms with E-state index >= 15 is 0 Å². The number of piperidine rings is 1. The second-order valence-corrected chi connectivity index (χ2v) is 10.8. The standard InChI is InChI=1S/C25H28N4O8S/c1-38(33,34)37-11-10-28-19-5-3-2-4-18(19)27-23(28)20-15-17(8-9-29(20)25(31)32)26-24(30)16-6-7-21-22(14-16)36-13-12-35-21/h2-7,14,17,20H,8-13,15H2,1H3,(H,26,30)(H,31,32). The number of aromatic nitrogens is 2. The van der Waals surface area contributed by atoms with Gasteiger partial charge in [0.1, 0.15) is 19.0 Å². The highest BCUT2D eigenvalue weighted by Crippen LogP contribution is 2.34. The number of hydrogen-bond donors (Lipinski definition) is 2. The fourth-order valence-corrected chi connectivity index (χ4v) is 5.26. The first-order valence-electron chi connectivity index (χ1n) is 12.2. The zero-order valence-electron chi connectivity index (χ0n) is 20.7. The van der Waals surface area contributed by atoms with Gasteiger partial charge in [-0.25, -0.2) is 9.78 Å². The minimum atomic E-state index is -3.65. The fraction of sp³-hybridized carbons (Fsp3) is 0.400. The number of hydrogen-bond acceptors (Lipinski definition) is 8. The molecule has 1 saturated heterocycles. The van der Waals surface area contributed by atoms with Crippen LogP contribution < -0.4 is 14.8 Å². The summed E-state index contributed by atoms with van der Waals surface area (Å²) in [5, 5.41) is 13.0. The summed E-state index contributed by atoms with van der Waals surface area (Å²) < 4.78 is 40.8. The van der Waals surface area contributed by atoms with Gasteiger partial charge in [0, 0.05) is 24.7 Å². The molecular weight excluding hydrogens is 516 g/mol. The maximum absolute atomic E-state index is 13.1. The molecule has 1 aromatic heterocycles. The highest BCUT2D eigenvalue weighted by atomic mass is 32.2. The molecule has 13 heteroatoms. The average molecular weight is 545 g/mol. The van der Waals surface area contributed by atoms with Crippen LogP contribution in [0.4, 0.5) is 4.79 Å². The zero-order valence-corrected chi connectivity index (χ0v) is 21.5. The molecule has 0 bridgehead atoms. The van der Waals surface area contributed by atoms with E-state index in [2.05, 4.69) is 5.32 Å². The SMILES string of the molecule is CS(=O)(=O)OCCn1c(C2CC(NC(=O)c3ccc4c(c3)OCCO4)CCN2C(=O)O)nc2ccccc21. The van der Waals surface area contributed by atoms with E-state index in [0.717, 1.165) is 11.8 Å². The fourth-order valence-electron chi connectivity index (χ4n) is 4.89. The molecule has 2 aliphatic heterocycles. The van der Waals surface area contributed by atoms with Crippen molar-refractivity contribution in [2.75, 3.05) is 32.6 Å². The smallest absolute Gasteiger partial charge is 0.407 e. The van der Waals surface area contributed by atoms with Crippen molar-refractivity contribution < 1.29 is 36.8 Å². The second kappa shape index (κ2) is 10.5. The zero-order chi connectivity index (χ0) is 26.9. The molecule has 0 saturated carbocycles. The highest BCUT2D eigenvalue weighted by Gasteiger charge is 2.36. The lowest BCUT2D eigenvalue weighted by Crippen LogP contribution is -2.48. The Bertz CT molecular complexity index is 1470. The molecule has 3 heterocycles. The first-order chi connectivity index (χ1) is 18.2. The van der Waals surface area contributed by atoms with Crippen molar-refractivity contribution in [3.63, 3.8) is 0 Å². The van der Waals surface area contributed by atoms with E-state index in [4.69, 9.17) is 18.6 Å². The van der Waals surface area contributed by atoms with Gasteiger partial charge >= 0.3 is 6.09 Å².